The zero-order chi connectivity index (χ0) is 23.9. The van der Waals surface area contributed by atoms with Crippen molar-refractivity contribution in [3.63, 3.8) is 0 Å². The minimum absolute atomic E-state index is 0.310. The Balaban J connectivity index is 1.32. The molecule has 6 aliphatic rings. The van der Waals surface area contributed by atoms with Gasteiger partial charge < -0.3 is 5.11 Å². The van der Waals surface area contributed by atoms with E-state index in [-0.39, 0.29) is 0 Å². The molecule has 0 aromatic rings. The van der Waals surface area contributed by atoms with E-state index in [4.69, 9.17) is 0 Å². The quantitative estimate of drug-likeness (QED) is 0.450. The first-order valence-electron chi connectivity index (χ1n) is 14.4. The van der Waals surface area contributed by atoms with E-state index in [0.29, 0.717) is 40.1 Å². The van der Waals surface area contributed by atoms with Gasteiger partial charge in [-0.05, 0) is 108 Å². The largest absolute Gasteiger partial charge is 0.396 e. The summed E-state index contributed by atoms with van der Waals surface area (Å²) in [6.45, 7) is 16.2. The highest BCUT2D eigenvalue weighted by atomic mass is 16.3. The van der Waals surface area contributed by atoms with Gasteiger partial charge in [-0.25, -0.2) is 0 Å². The highest BCUT2D eigenvalue weighted by Gasteiger charge is 2.74. The van der Waals surface area contributed by atoms with Crippen molar-refractivity contribution in [2.45, 2.75) is 91.9 Å². The third-order valence-corrected chi connectivity index (χ3v) is 12.3. The lowest BCUT2D eigenvalue weighted by Crippen LogP contribution is -2.54. The van der Waals surface area contributed by atoms with Crippen molar-refractivity contribution in [1.82, 2.24) is 0 Å². The second-order valence-corrected chi connectivity index (χ2v) is 14.3. The minimum Gasteiger partial charge on any atom is -0.396 e. The van der Waals surface area contributed by atoms with E-state index in [1.807, 2.05) is 11.8 Å². The van der Waals surface area contributed by atoms with Crippen LogP contribution in [0.5, 0.6) is 0 Å². The predicted molar refractivity (Wildman–Crippen MR) is 142 cm³/mol. The van der Waals surface area contributed by atoms with Crippen LogP contribution in [0.1, 0.15) is 91.9 Å². The van der Waals surface area contributed by atoms with Gasteiger partial charge >= 0.3 is 0 Å². The number of aliphatic imine (C=N–C) groups is 1. The molecular formula is C32H47NO. The van der Waals surface area contributed by atoms with Gasteiger partial charge in [0.05, 0.1) is 6.54 Å². The molecule has 0 bridgehead atoms. The molecule has 0 aromatic heterocycles. The van der Waals surface area contributed by atoms with Crippen molar-refractivity contribution in [2.24, 2.45) is 56.2 Å². The van der Waals surface area contributed by atoms with Crippen LogP contribution in [0.25, 0.3) is 0 Å². The van der Waals surface area contributed by atoms with Gasteiger partial charge in [0.1, 0.15) is 0 Å². The van der Waals surface area contributed by atoms with Crippen molar-refractivity contribution >= 4 is 6.21 Å². The summed E-state index contributed by atoms with van der Waals surface area (Å²) in [4.78, 5) is 4.37. The lowest BCUT2D eigenvalue weighted by atomic mass is 9.42. The van der Waals surface area contributed by atoms with Crippen LogP contribution in [0.3, 0.4) is 0 Å². The normalized spacial score (nSPS) is 44.2. The lowest BCUT2D eigenvalue weighted by molar-refractivity contribution is -0.0478. The maximum atomic E-state index is 10.2. The van der Waals surface area contributed by atoms with Crippen molar-refractivity contribution in [2.75, 3.05) is 13.2 Å². The molecule has 2 nitrogen and oxygen atoms in total. The topological polar surface area (TPSA) is 32.6 Å². The molecule has 6 rings (SSSR count). The fourth-order valence-electron chi connectivity index (χ4n) is 10.9. The van der Waals surface area contributed by atoms with Crippen LogP contribution in [0.4, 0.5) is 0 Å². The summed E-state index contributed by atoms with van der Waals surface area (Å²) in [6, 6.07) is 0. The molecule has 1 heterocycles. The van der Waals surface area contributed by atoms with Crippen LogP contribution < -0.4 is 0 Å². The number of nitrogens with zero attached hydrogens (tertiary/aromatic N) is 1. The second kappa shape index (κ2) is 7.67. The van der Waals surface area contributed by atoms with E-state index < -0.39 is 0 Å². The fraction of sp³-hybridized carbons (Fsp3) is 0.781. The first kappa shape index (κ1) is 23.3. The molecule has 1 N–H and O–H groups in total. The Hall–Kier alpha value is -1.15. The molecule has 0 saturated heterocycles. The Morgan fingerprint density at radius 1 is 1.18 bits per heavy atom. The van der Waals surface area contributed by atoms with Crippen molar-refractivity contribution in [3.05, 3.63) is 35.5 Å². The minimum atomic E-state index is 0.310. The van der Waals surface area contributed by atoms with Gasteiger partial charge in [0.2, 0.25) is 0 Å². The van der Waals surface area contributed by atoms with Crippen LogP contribution in [0, 0.1) is 51.2 Å². The van der Waals surface area contributed by atoms with Crippen LogP contribution in [-0.4, -0.2) is 24.5 Å². The fourth-order valence-corrected chi connectivity index (χ4v) is 10.9. The molecule has 1 aliphatic heterocycles. The van der Waals surface area contributed by atoms with E-state index >= 15 is 0 Å². The van der Waals surface area contributed by atoms with Gasteiger partial charge in [0.15, 0.2) is 0 Å². The number of aliphatic hydroxyl groups is 1. The molecule has 7 unspecified atom stereocenters. The van der Waals surface area contributed by atoms with Crippen LogP contribution >= 0.6 is 0 Å². The molecular weight excluding hydrogens is 414 g/mol. The highest BCUT2D eigenvalue weighted by molar-refractivity contribution is 5.80. The maximum absolute atomic E-state index is 10.2. The zero-order valence-electron chi connectivity index (χ0n) is 22.2. The standard InChI is InChI=1S/C32H47NO/c1-21-14-26-30(5,28-27(21)29(28,3)4)22(2)31(10-6-7-11-31)20-32(26)12-8-23(17-32)15-25(19-34)16-24-9-13-33-18-24/h9,14,18,22-23,25,27-28,34H,1,6-8,10-13,15-17,19-20H2,2-5H3. The molecule has 0 amide bonds. The third kappa shape index (κ3) is 3.12. The molecule has 4 fully saturated rings. The summed E-state index contributed by atoms with van der Waals surface area (Å²) in [6.07, 6.45) is 20.3. The van der Waals surface area contributed by atoms with Crippen LogP contribution in [-0.2, 0) is 0 Å². The molecule has 2 heteroatoms. The van der Waals surface area contributed by atoms with Crippen molar-refractivity contribution < 1.29 is 5.11 Å². The first-order chi connectivity index (χ1) is 16.2. The van der Waals surface area contributed by atoms with Gasteiger partial charge in [-0.3, -0.25) is 4.99 Å². The first-order valence-corrected chi connectivity index (χ1v) is 14.4. The summed E-state index contributed by atoms with van der Waals surface area (Å²) < 4.78 is 0. The monoisotopic (exact) mass is 461 g/mol. The summed E-state index contributed by atoms with van der Waals surface area (Å²) in [5, 5.41) is 10.2. The Kier molecular flexibility index (Phi) is 5.25. The van der Waals surface area contributed by atoms with Crippen LogP contribution in [0.15, 0.2) is 40.4 Å². The highest BCUT2D eigenvalue weighted by Crippen LogP contribution is 2.81. The summed E-state index contributed by atoms with van der Waals surface area (Å²) >= 11 is 0. The number of fused-ring (bicyclic) bond motifs is 4. The van der Waals surface area contributed by atoms with Gasteiger partial charge in [-0.2, -0.15) is 0 Å². The summed E-state index contributed by atoms with van der Waals surface area (Å²) in [5.74, 6) is 3.36. The Labute approximate surface area is 208 Å². The molecule has 0 aromatic carbocycles. The van der Waals surface area contributed by atoms with Gasteiger partial charge in [-0.1, -0.05) is 70.4 Å². The Morgan fingerprint density at radius 3 is 2.62 bits per heavy atom. The SMILES string of the molecule is C=C1C=C2C3(CCC(CC(CO)CC4=CCN=C4)C3)CC3(CCCC3)C(C)C2(C)C2C1C2(C)C. The molecule has 186 valence electrons. The Morgan fingerprint density at radius 2 is 1.94 bits per heavy atom. The van der Waals surface area contributed by atoms with E-state index in [1.165, 1.54) is 68.9 Å². The number of rotatable bonds is 5. The molecule has 0 radical (unpaired) electrons. The van der Waals surface area contributed by atoms with E-state index in [1.54, 1.807) is 0 Å². The zero-order valence-corrected chi connectivity index (χ0v) is 22.2. The smallest absolute Gasteiger partial charge is 0.0576 e. The summed E-state index contributed by atoms with van der Waals surface area (Å²) in [7, 11) is 0. The van der Waals surface area contributed by atoms with E-state index in [0.717, 1.165) is 30.7 Å². The van der Waals surface area contributed by atoms with Crippen molar-refractivity contribution in [3.8, 4) is 0 Å². The number of aliphatic hydroxyl groups excluding tert-OH is 1. The Bertz CT molecular complexity index is 961. The van der Waals surface area contributed by atoms with E-state index in [9.17, 15) is 5.11 Å². The third-order valence-electron chi connectivity index (χ3n) is 12.3. The molecule has 5 aliphatic carbocycles. The molecule has 2 spiro atoms. The molecule has 4 saturated carbocycles. The lowest BCUT2D eigenvalue weighted by Gasteiger charge is -2.62. The summed E-state index contributed by atoms with van der Waals surface area (Å²) in [5.41, 5.74) is 6.23. The number of allylic oxidation sites excluding steroid dienone is 4. The van der Waals surface area contributed by atoms with Crippen molar-refractivity contribution in [1.29, 1.82) is 0 Å². The molecule has 7 atom stereocenters. The van der Waals surface area contributed by atoms with Crippen LogP contribution in [0.2, 0.25) is 0 Å². The van der Waals surface area contributed by atoms with Gasteiger partial charge in [0.25, 0.3) is 0 Å². The average Bonchev–Trinajstić information content (AvgIpc) is 3.33. The second-order valence-electron chi connectivity index (χ2n) is 14.3. The van der Waals surface area contributed by atoms with Gasteiger partial charge in [0, 0.05) is 12.8 Å². The number of hydrogen-bond donors (Lipinski definition) is 1. The number of hydrogen-bond acceptors (Lipinski definition) is 2. The molecule has 34 heavy (non-hydrogen) atoms. The maximum Gasteiger partial charge on any atom is 0.0576 e. The van der Waals surface area contributed by atoms with E-state index in [2.05, 4.69) is 51.4 Å². The predicted octanol–water partition coefficient (Wildman–Crippen LogP) is 7.55. The van der Waals surface area contributed by atoms with Gasteiger partial charge in [-0.15, -0.1) is 0 Å². The average molecular weight is 462 g/mol.